The number of nitrogens with zero attached hydrogens (tertiary/aromatic N) is 2. The third-order valence-corrected chi connectivity index (χ3v) is 1.73. The van der Waals surface area contributed by atoms with Crippen LogP contribution in [0.15, 0.2) is 23.4 Å². The third kappa shape index (κ3) is 2.48. The Morgan fingerprint density at radius 2 is 2.21 bits per heavy atom. The first-order valence-electron chi connectivity index (χ1n) is 4.02. The van der Waals surface area contributed by atoms with Crippen molar-refractivity contribution in [1.29, 1.82) is 5.26 Å². The Morgan fingerprint density at radius 1 is 1.50 bits per heavy atom. The Labute approximate surface area is 87.5 Å². The minimum Gasteiger partial charge on any atom is -0.356 e. The highest BCUT2D eigenvalue weighted by atomic mass is 35.5. The number of nitriles is 1. The first kappa shape index (κ1) is 10.6. The summed E-state index contributed by atoms with van der Waals surface area (Å²) in [7, 11) is 0. The predicted octanol–water partition coefficient (Wildman–Crippen LogP) is 2.99. The SMILES string of the molecule is CC(C)=NOc1cccc(Cl)c1C#N. The molecule has 4 heteroatoms. The summed E-state index contributed by atoms with van der Waals surface area (Å²) in [6, 6.07) is 6.95. The van der Waals surface area contributed by atoms with Gasteiger partial charge in [0.05, 0.1) is 10.7 Å². The second-order valence-corrected chi connectivity index (χ2v) is 3.26. The normalized spacial score (nSPS) is 9.00. The van der Waals surface area contributed by atoms with Gasteiger partial charge >= 0.3 is 0 Å². The molecule has 1 rings (SSSR count). The maximum Gasteiger partial charge on any atom is 0.177 e. The van der Waals surface area contributed by atoms with Crippen LogP contribution in [-0.4, -0.2) is 5.71 Å². The highest BCUT2D eigenvalue weighted by Gasteiger charge is 2.06. The van der Waals surface area contributed by atoms with Crippen LogP contribution in [0.25, 0.3) is 0 Å². The summed E-state index contributed by atoms with van der Waals surface area (Å²) < 4.78 is 0. The minimum atomic E-state index is 0.305. The molecule has 0 bridgehead atoms. The van der Waals surface area contributed by atoms with E-state index in [-0.39, 0.29) is 0 Å². The topological polar surface area (TPSA) is 45.4 Å². The summed E-state index contributed by atoms with van der Waals surface area (Å²) in [6.45, 7) is 3.60. The van der Waals surface area contributed by atoms with Gasteiger partial charge in [0.2, 0.25) is 0 Å². The van der Waals surface area contributed by atoms with E-state index < -0.39 is 0 Å². The number of benzene rings is 1. The lowest BCUT2D eigenvalue weighted by Crippen LogP contribution is -1.92. The van der Waals surface area contributed by atoms with Crippen molar-refractivity contribution in [3.8, 4) is 11.8 Å². The van der Waals surface area contributed by atoms with Crippen molar-refractivity contribution in [3.63, 3.8) is 0 Å². The van der Waals surface area contributed by atoms with Crippen LogP contribution in [-0.2, 0) is 0 Å². The second kappa shape index (κ2) is 4.64. The summed E-state index contributed by atoms with van der Waals surface area (Å²) in [5.74, 6) is 0.376. The Hall–Kier alpha value is -1.53. The van der Waals surface area contributed by atoms with Crippen molar-refractivity contribution in [2.24, 2.45) is 5.16 Å². The highest BCUT2D eigenvalue weighted by Crippen LogP contribution is 2.25. The Morgan fingerprint density at radius 3 is 2.79 bits per heavy atom. The molecule has 0 heterocycles. The van der Waals surface area contributed by atoms with Gasteiger partial charge in [0.15, 0.2) is 5.75 Å². The molecule has 1 aromatic carbocycles. The fourth-order valence-corrected chi connectivity index (χ4v) is 1.04. The van der Waals surface area contributed by atoms with Gasteiger partial charge in [-0.05, 0) is 26.0 Å². The summed E-state index contributed by atoms with van der Waals surface area (Å²) in [4.78, 5) is 5.05. The molecule has 1 aromatic rings. The van der Waals surface area contributed by atoms with E-state index in [4.69, 9.17) is 21.7 Å². The smallest absolute Gasteiger partial charge is 0.177 e. The molecule has 0 aliphatic rings. The van der Waals surface area contributed by atoms with Crippen molar-refractivity contribution in [3.05, 3.63) is 28.8 Å². The zero-order valence-electron chi connectivity index (χ0n) is 7.91. The van der Waals surface area contributed by atoms with Crippen LogP contribution in [0.4, 0.5) is 0 Å². The molecule has 0 aliphatic heterocycles. The number of hydrogen-bond donors (Lipinski definition) is 0. The third-order valence-electron chi connectivity index (χ3n) is 1.41. The van der Waals surface area contributed by atoms with E-state index in [1.165, 1.54) is 0 Å². The quantitative estimate of drug-likeness (QED) is 0.554. The monoisotopic (exact) mass is 208 g/mol. The Balaban J connectivity index is 3.04. The first-order chi connectivity index (χ1) is 6.65. The van der Waals surface area contributed by atoms with Crippen LogP contribution in [0.5, 0.6) is 5.75 Å². The van der Waals surface area contributed by atoms with Crippen LogP contribution in [0, 0.1) is 11.3 Å². The van der Waals surface area contributed by atoms with Crippen molar-refractivity contribution in [2.75, 3.05) is 0 Å². The molecule has 0 fully saturated rings. The molecule has 3 nitrogen and oxygen atoms in total. The van der Waals surface area contributed by atoms with Gasteiger partial charge in [-0.1, -0.05) is 22.8 Å². The molecule has 0 atom stereocenters. The zero-order chi connectivity index (χ0) is 10.6. The Bertz CT molecular complexity index is 403. The molecule has 14 heavy (non-hydrogen) atoms. The lowest BCUT2D eigenvalue weighted by molar-refractivity contribution is 0.340. The minimum absolute atomic E-state index is 0.305. The van der Waals surface area contributed by atoms with Crippen LogP contribution >= 0.6 is 11.6 Å². The largest absolute Gasteiger partial charge is 0.356 e. The van der Waals surface area contributed by atoms with Crippen LogP contribution in [0.1, 0.15) is 19.4 Å². The van der Waals surface area contributed by atoms with E-state index in [9.17, 15) is 0 Å². The van der Waals surface area contributed by atoms with Crippen molar-refractivity contribution < 1.29 is 4.84 Å². The lowest BCUT2D eigenvalue weighted by Gasteiger charge is -2.02. The fourth-order valence-electron chi connectivity index (χ4n) is 0.829. The van der Waals surface area contributed by atoms with E-state index in [0.717, 1.165) is 5.71 Å². The van der Waals surface area contributed by atoms with E-state index in [0.29, 0.717) is 16.3 Å². The molecular weight excluding hydrogens is 200 g/mol. The molecule has 0 unspecified atom stereocenters. The van der Waals surface area contributed by atoms with E-state index >= 15 is 0 Å². The number of hydrogen-bond acceptors (Lipinski definition) is 3. The first-order valence-corrected chi connectivity index (χ1v) is 4.39. The lowest BCUT2D eigenvalue weighted by atomic mass is 10.2. The van der Waals surface area contributed by atoms with Gasteiger partial charge in [0.1, 0.15) is 11.6 Å². The maximum absolute atomic E-state index is 8.80. The van der Waals surface area contributed by atoms with E-state index in [2.05, 4.69) is 5.16 Å². The molecule has 0 amide bonds. The highest BCUT2D eigenvalue weighted by molar-refractivity contribution is 6.31. The van der Waals surface area contributed by atoms with E-state index in [1.54, 1.807) is 32.0 Å². The molecule has 0 saturated carbocycles. The van der Waals surface area contributed by atoms with Gasteiger partial charge in [0.25, 0.3) is 0 Å². The number of halogens is 1. The number of oxime groups is 1. The van der Waals surface area contributed by atoms with Crippen LogP contribution < -0.4 is 4.84 Å². The zero-order valence-corrected chi connectivity index (χ0v) is 8.67. The standard InChI is InChI=1S/C10H9ClN2O/c1-7(2)13-14-10-5-3-4-9(11)8(10)6-12/h3-5H,1-2H3. The van der Waals surface area contributed by atoms with Gasteiger partial charge in [-0.2, -0.15) is 5.26 Å². The fraction of sp³-hybridized carbons (Fsp3) is 0.200. The molecular formula is C10H9ClN2O. The van der Waals surface area contributed by atoms with Crippen LogP contribution in [0.2, 0.25) is 5.02 Å². The number of rotatable bonds is 2. The van der Waals surface area contributed by atoms with Gasteiger partial charge in [-0.15, -0.1) is 0 Å². The molecule has 0 aliphatic carbocycles. The molecule has 0 aromatic heterocycles. The summed E-state index contributed by atoms with van der Waals surface area (Å²) in [5, 5.41) is 12.9. The van der Waals surface area contributed by atoms with Gasteiger partial charge in [-0.3, -0.25) is 0 Å². The summed E-state index contributed by atoms with van der Waals surface area (Å²) >= 11 is 5.79. The maximum atomic E-state index is 8.80. The van der Waals surface area contributed by atoms with E-state index in [1.807, 2.05) is 6.07 Å². The second-order valence-electron chi connectivity index (χ2n) is 2.85. The van der Waals surface area contributed by atoms with Crippen molar-refractivity contribution >= 4 is 17.3 Å². The van der Waals surface area contributed by atoms with Crippen LogP contribution in [0.3, 0.4) is 0 Å². The molecule has 0 radical (unpaired) electrons. The average Bonchev–Trinajstić information content (AvgIpc) is 2.14. The van der Waals surface area contributed by atoms with Crippen molar-refractivity contribution in [1.82, 2.24) is 0 Å². The van der Waals surface area contributed by atoms with Crippen molar-refractivity contribution in [2.45, 2.75) is 13.8 Å². The Kier molecular flexibility index (Phi) is 3.49. The van der Waals surface area contributed by atoms with Gasteiger partial charge < -0.3 is 4.84 Å². The summed E-state index contributed by atoms with van der Waals surface area (Å²) in [6.07, 6.45) is 0. The summed E-state index contributed by atoms with van der Waals surface area (Å²) in [5.41, 5.74) is 1.08. The van der Waals surface area contributed by atoms with Gasteiger partial charge in [-0.25, -0.2) is 0 Å². The predicted molar refractivity (Wildman–Crippen MR) is 55.6 cm³/mol. The molecule has 72 valence electrons. The average molecular weight is 209 g/mol. The molecule has 0 N–H and O–H groups in total. The molecule has 0 spiro atoms. The molecule has 0 saturated heterocycles. The van der Waals surface area contributed by atoms with Gasteiger partial charge in [0, 0.05) is 0 Å².